The third-order valence-electron chi connectivity index (χ3n) is 2.67. The largest absolute Gasteiger partial charge is 0.466 e. The Bertz CT molecular complexity index is 178. The summed E-state index contributed by atoms with van der Waals surface area (Å²) in [6, 6.07) is 0. The molecule has 1 rings (SSSR count). The first kappa shape index (κ1) is 12.5. The zero-order valence-electron chi connectivity index (χ0n) is 9.76. The van der Waals surface area contributed by atoms with E-state index in [4.69, 9.17) is 4.74 Å². The quantitative estimate of drug-likeness (QED) is 0.471. The first-order valence-electron chi connectivity index (χ1n) is 6.19. The zero-order valence-corrected chi connectivity index (χ0v) is 9.76. The lowest BCUT2D eigenvalue weighted by Gasteiger charge is -2.03. The van der Waals surface area contributed by atoms with E-state index in [1.807, 2.05) is 6.92 Å². The van der Waals surface area contributed by atoms with Crippen molar-refractivity contribution < 1.29 is 9.53 Å². The van der Waals surface area contributed by atoms with E-state index in [0.29, 0.717) is 13.0 Å². The van der Waals surface area contributed by atoms with E-state index in [1.54, 1.807) is 0 Å². The van der Waals surface area contributed by atoms with Crippen molar-refractivity contribution in [1.82, 2.24) is 5.32 Å². The van der Waals surface area contributed by atoms with E-state index in [-0.39, 0.29) is 5.97 Å². The van der Waals surface area contributed by atoms with Gasteiger partial charge in [-0.1, -0.05) is 6.42 Å². The Balaban J connectivity index is 1.73. The molecule has 0 aromatic carbocycles. The molecule has 15 heavy (non-hydrogen) atoms. The van der Waals surface area contributed by atoms with Crippen LogP contribution in [0.15, 0.2) is 0 Å². The molecule has 0 saturated heterocycles. The van der Waals surface area contributed by atoms with Gasteiger partial charge in [0, 0.05) is 6.42 Å². The van der Waals surface area contributed by atoms with Gasteiger partial charge in [-0.15, -0.1) is 0 Å². The predicted octanol–water partition coefficient (Wildman–Crippen LogP) is 2.11. The molecule has 0 radical (unpaired) electrons. The van der Waals surface area contributed by atoms with Crippen molar-refractivity contribution in [3.8, 4) is 0 Å². The van der Waals surface area contributed by atoms with E-state index in [2.05, 4.69) is 5.32 Å². The van der Waals surface area contributed by atoms with Crippen LogP contribution in [0.3, 0.4) is 0 Å². The van der Waals surface area contributed by atoms with Crippen molar-refractivity contribution in [1.29, 1.82) is 0 Å². The lowest BCUT2D eigenvalue weighted by atomic mass is 10.2. The summed E-state index contributed by atoms with van der Waals surface area (Å²) in [7, 11) is 0. The average Bonchev–Trinajstić information content (AvgIpc) is 3.00. The second kappa shape index (κ2) is 7.69. The van der Waals surface area contributed by atoms with Crippen LogP contribution in [0.5, 0.6) is 0 Å². The maximum absolute atomic E-state index is 11.0. The summed E-state index contributed by atoms with van der Waals surface area (Å²) >= 11 is 0. The van der Waals surface area contributed by atoms with Gasteiger partial charge >= 0.3 is 5.97 Å². The Hall–Kier alpha value is -0.570. The van der Waals surface area contributed by atoms with Crippen molar-refractivity contribution in [2.75, 3.05) is 19.7 Å². The first-order chi connectivity index (χ1) is 7.33. The topological polar surface area (TPSA) is 38.3 Å². The third-order valence-corrected chi connectivity index (χ3v) is 2.67. The maximum Gasteiger partial charge on any atom is 0.305 e. The average molecular weight is 213 g/mol. The van der Waals surface area contributed by atoms with Crippen molar-refractivity contribution >= 4 is 5.97 Å². The molecule has 1 aliphatic carbocycles. The monoisotopic (exact) mass is 213 g/mol. The molecule has 0 bridgehead atoms. The number of hydrogen-bond donors (Lipinski definition) is 1. The summed E-state index contributed by atoms with van der Waals surface area (Å²) in [6.07, 6.45) is 6.66. The highest BCUT2D eigenvalue weighted by molar-refractivity contribution is 5.69. The summed E-state index contributed by atoms with van der Waals surface area (Å²) in [5.74, 6) is 0.910. The van der Waals surface area contributed by atoms with Gasteiger partial charge < -0.3 is 10.1 Å². The van der Waals surface area contributed by atoms with E-state index < -0.39 is 0 Å². The molecule has 0 aliphatic heterocycles. The first-order valence-corrected chi connectivity index (χ1v) is 6.19. The molecule has 88 valence electrons. The number of esters is 1. The highest BCUT2D eigenvalue weighted by Gasteiger charge is 2.19. The van der Waals surface area contributed by atoms with Crippen LogP contribution in [0.2, 0.25) is 0 Å². The number of carbonyl (C=O) groups is 1. The summed E-state index contributed by atoms with van der Waals surface area (Å²) in [6.45, 7) is 4.64. The standard InChI is InChI=1S/C12H23NO2/c1-2-15-12(14)6-4-3-5-9-13-10-11-7-8-11/h11,13H,2-10H2,1H3. The minimum Gasteiger partial charge on any atom is -0.466 e. The van der Waals surface area contributed by atoms with E-state index >= 15 is 0 Å². The van der Waals surface area contributed by atoms with E-state index in [9.17, 15) is 4.79 Å². The highest BCUT2D eigenvalue weighted by Crippen LogP contribution is 2.27. The molecule has 0 spiro atoms. The normalized spacial score (nSPS) is 15.3. The molecular weight excluding hydrogens is 190 g/mol. The Morgan fingerprint density at radius 1 is 1.33 bits per heavy atom. The Morgan fingerprint density at radius 3 is 2.80 bits per heavy atom. The number of ether oxygens (including phenoxy) is 1. The molecule has 1 fully saturated rings. The summed E-state index contributed by atoms with van der Waals surface area (Å²) < 4.78 is 4.85. The fraction of sp³-hybridized carbons (Fsp3) is 0.917. The molecule has 0 aromatic rings. The van der Waals surface area contributed by atoms with Gasteiger partial charge in [-0.2, -0.15) is 0 Å². The molecule has 0 amide bonds. The minimum absolute atomic E-state index is 0.0524. The number of carbonyl (C=O) groups excluding carboxylic acids is 1. The molecule has 0 aromatic heterocycles. The van der Waals surface area contributed by atoms with Crippen LogP contribution in [-0.2, 0) is 9.53 Å². The van der Waals surface area contributed by atoms with Crippen LogP contribution in [0.25, 0.3) is 0 Å². The van der Waals surface area contributed by atoms with Crippen LogP contribution in [0, 0.1) is 5.92 Å². The van der Waals surface area contributed by atoms with Gasteiger partial charge in [0.25, 0.3) is 0 Å². The fourth-order valence-corrected chi connectivity index (χ4v) is 1.56. The van der Waals surface area contributed by atoms with Gasteiger partial charge in [0.2, 0.25) is 0 Å². The predicted molar refractivity (Wildman–Crippen MR) is 60.7 cm³/mol. The number of unbranched alkanes of at least 4 members (excludes halogenated alkanes) is 2. The van der Waals surface area contributed by atoms with Gasteiger partial charge in [0.05, 0.1) is 6.61 Å². The smallest absolute Gasteiger partial charge is 0.305 e. The van der Waals surface area contributed by atoms with Crippen molar-refractivity contribution in [2.45, 2.75) is 45.4 Å². The molecule has 1 aliphatic rings. The number of nitrogens with one attached hydrogen (secondary N) is 1. The summed E-state index contributed by atoms with van der Waals surface area (Å²) in [4.78, 5) is 11.0. The van der Waals surface area contributed by atoms with Crippen LogP contribution >= 0.6 is 0 Å². The second-order valence-corrected chi connectivity index (χ2v) is 4.26. The van der Waals surface area contributed by atoms with E-state index in [1.165, 1.54) is 25.8 Å². The van der Waals surface area contributed by atoms with Crippen LogP contribution < -0.4 is 5.32 Å². The van der Waals surface area contributed by atoms with Crippen molar-refractivity contribution in [3.05, 3.63) is 0 Å². The Labute approximate surface area is 92.6 Å². The van der Waals surface area contributed by atoms with Crippen LogP contribution in [0.1, 0.15) is 45.4 Å². The molecule has 3 nitrogen and oxygen atoms in total. The summed E-state index contributed by atoms with van der Waals surface area (Å²) in [5, 5.41) is 3.44. The molecule has 0 atom stereocenters. The lowest BCUT2D eigenvalue weighted by molar-refractivity contribution is -0.143. The summed E-state index contributed by atoms with van der Waals surface area (Å²) in [5.41, 5.74) is 0. The number of hydrogen-bond acceptors (Lipinski definition) is 3. The molecule has 0 heterocycles. The molecular formula is C12H23NO2. The van der Waals surface area contributed by atoms with Crippen molar-refractivity contribution in [3.63, 3.8) is 0 Å². The SMILES string of the molecule is CCOC(=O)CCCCCNCC1CC1. The van der Waals surface area contributed by atoms with Gasteiger partial charge in [-0.25, -0.2) is 0 Å². The Morgan fingerprint density at radius 2 is 2.13 bits per heavy atom. The van der Waals surface area contributed by atoms with Gasteiger partial charge in [-0.05, 0) is 51.6 Å². The minimum atomic E-state index is -0.0524. The van der Waals surface area contributed by atoms with E-state index in [0.717, 1.165) is 25.3 Å². The van der Waals surface area contributed by atoms with Gasteiger partial charge in [0.1, 0.15) is 0 Å². The maximum atomic E-state index is 11.0. The lowest BCUT2D eigenvalue weighted by Crippen LogP contribution is -2.18. The molecule has 1 saturated carbocycles. The Kier molecular flexibility index (Phi) is 6.41. The van der Waals surface area contributed by atoms with Crippen molar-refractivity contribution in [2.24, 2.45) is 5.92 Å². The van der Waals surface area contributed by atoms with Gasteiger partial charge in [-0.3, -0.25) is 4.79 Å². The zero-order chi connectivity index (χ0) is 10.9. The second-order valence-electron chi connectivity index (χ2n) is 4.26. The highest BCUT2D eigenvalue weighted by atomic mass is 16.5. The fourth-order valence-electron chi connectivity index (χ4n) is 1.56. The van der Waals surface area contributed by atoms with Crippen LogP contribution in [-0.4, -0.2) is 25.7 Å². The van der Waals surface area contributed by atoms with Gasteiger partial charge in [0.15, 0.2) is 0 Å². The number of rotatable bonds is 9. The molecule has 0 unspecified atom stereocenters. The molecule has 3 heteroatoms. The van der Waals surface area contributed by atoms with Crippen LogP contribution in [0.4, 0.5) is 0 Å². The molecule has 1 N–H and O–H groups in total. The third kappa shape index (κ3) is 7.37.